The predicted octanol–water partition coefficient (Wildman–Crippen LogP) is 2.20. The van der Waals surface area contributed by atoms with E-state index in [1.807, 2.05) is 23.6 Å². The maximum atomic E-state index is 12.4. The second-order valence-corrected chi connectivity index (χ2v) is 6.21. The monoisotopic (exact) mass is 278 g/mol. The molecule has 0 saturated carbocycles. The molecule has 0 unspecified atom stereocenters. The topological polar surface area (TPSA) is 40.6 Å². The van der Waals surface area contributed by atoms with Gasteiger partial charge in [-0.1, -0.05) is 5.57 Å². The van der Waals surface area contributed by atoms with Crippen LogP contribution >= 0.6 is 0 Å². The van der Waals surface area contributed by atoms with Gasteiger partial charge < -0.3 is 9.80 Å². The first-order valence-corrected chi connectivity index (χ1v) is 7.80. The van der Waals surface area contributed by atoms with Crippen LogP contribution in [0.3, 0.4) is 0 Å². The number of hydrogen-bond donors (Lipinski definition) is 0. The lowest BCUT2D eigenvalue weighted by molar-refractivity contribution is -0.140. The Kier molecular flexibility index (Phi) is 5.21. The van der Waals surface area contributed by atoms with E-state index < -0.39 is 0 Å². The van der Waals surface area contributed by atoms with Crippen LogP contribution in [0.25, 0.3) is 0 Å². The van der Waals surface area contributed by atoms with Crippen molar-refractivity contribution in [3.8, 4) is 0 Å². The molecule has 2 amide bonds. The standard InChI is InChI=1S/C16H26N2O2/c1-13(2)12-15(19)17-10-6-14(7-11-17)16(20)18-8-4-3-5-9-18/h12,14H,3-11H2,1-2H3. The molecule has 4 nitrogen and oxygen atoms in total. The Morgan fingerprint density at radius 3 is 2.05 bits per heavy atom. The molecule has 0 aromatic rings. The number of piperidine rings is 2. The quantitative estimate of drug-likeness (QED) is 0.727. The lowest BCUT2D eigenvalue weighted by Gasteiger charge is -2.35. The molecule has 0 aromatic carbocycles. The van der Waals surface area contributed by atoms with Gasteiger partial charge in [-0.15, -0.1) is 0 Å². The summed E-state index contributed by atoms with van der Waals surface area (Å²) in [5.74, 6) is 0.539. The molecule has 0 radical (unpaired) electrons. The zero-order valence-corrected chi connectivity index (χ0v) is 12.7. The largest absolute Gasteiger partial charge is 0.342 e. The van der Waals surface area contributed by atoms with Crippen LogP contribution in [0.1, 0.15) is 46.0 Å². The van der Waals surface area contributed by atoms with E-state index in [0.29, 0.717) is 19.0 Å². The highest BCUT2D eigenvalue weighted by Gasteiger charge is 2.30. The molecule has 2 aliphatic heterocycles. The van der Waals surface area contributed by atoms with Gasteiger partial charge in [-0.25, -0.2) is 0 Å². The van der Waals surface area contributed by atoms with Gasteiger partial charge in [0.1, 0.15) is 0 Å². The van der Waals surface area contributed by atoms with Gasteiger partial charge >= 0.3 is 0 Å². The SMILES string of the molecule is CC(C)=CC(=O)N1CCC(C(=O)N2CCCCC2)CC1. The van der Waals surface area contributed by atoms with Crippen molar-refractivity contribution in [1.29, 1.82) is 0 Å². The maximum Gasteiger partial charge on any atom is 0.246 e. The summed E-state index contributed by atoms with van der Waals surface area (Å²) >= 11 is 0. The van der Waals surface area contributed by atoms with Gasteiger partial charge in [-0.05, 0) is 46.0 Å². The third-order valence-corrected chi connectivity index (χ3v) is 4.24. The van der Waals surface area contributed by atoms with Gasteiger partial charge in [0.25, 0.3) is 0 Å². The van der Waals surface area contributed by atoms with Crippen LogP contribution in [-0.2, 0) is 9.59 Å². The molecule has 20 heavy (non-hydrogen) atoms. The van der Waals surface area contributed by atoms with Gasteiger partial charge in [0.05, 0.1) is 0 Å². The zero-order valence-electron chi connectivity index (χ0n) is 12.7. The predicted molar refractivity (Wildman–Crippen MR) is 79.2 cm³/mol. The van der Waals surface area contributed by atoms with Gasteiger partial charge in [-0.2, -0.15) is 0 Å². The first-order chi connectivity index (χ1) is 9.58. The molecule has 0 spiro atoms. The fraction of sp³-hybridized carbons (Fsp3) is 0.750. The number of amides is 2. The van der Waals surface area contributed by atoms with Crippen LogP contribution in [0.15, 0.2) is 11.6 Å². The first-order valence-electron chi connectivity index (χ1n) is 7.80. The summed E-state index contributed by atoms with van der Waals surface area (Å²) in [7, 11) is 0. The van der Waals surface area contributed by atoms with Crippen molar-refractivity contribution < 1.29 is 9.59 Å². The Bertz CT molecular complexity index is 385. The highest BCUT2D eigenvalue weighted by molar-refractivity contribution is 5.88. The van der Waals surface area contributed by atoms with E-state index in [4.69, 9.17) is 0 Å². The minimum atomic E-state index is 0.0915. The Labute approximate surface area is 121 Å². The summed E-state index contributed by atoms with van der Waals surface area (Å²) in [6.07, 6.45) is 6.86. The average molecular weight is 278 g/mol. The molecule has 112 valence electrons. The van der Waals surface area contributed by atoms with E-state index in [0.717, 1.165) is 44.3 Å². The van der Waals surface area contributed by atoms with Crippen LogP contribution in [0.4, 0.5) is 0 Å². The van der Waals surface area contributed by atoms with Crippen LogP contribution < -0.4 is 0 Å². The number of nitrogens with zero attached hydrogens (tertiary/aromatic N) is 2. The van der Waals surface area contributed by atoms with E-state index in [9.17, 15) is 9.59 Å². The normalized spacial score (nSPS) is 20.7. The molecule has 0 aromatic heterocycles. The van der Waals surface area contributed by atoms with E-state index in [1.165, 1.54) is 6.42 Å². The minimum Gasteiger partial charge on any atom is -0.342 e. The third kappa shape index (κ3) is 3.84. The maximum absolute atomic E-state index is 12.4. The molecule has 0 atom stereocenters. The van der Waals surface area contributed by atoms with Crippen molar-refractivity contribution in [2.75, 3.05) is 26.2 Å². The summed E-state index contributed by atoms with van der Waals surface area (Å²) < 4.78 is 0. The molecule has 4 heteroatoms. The summed E-state index contributed by atoms with van der Waals surface area (Å²) in [4.78, 5) is 28.3. The number of hydrogen-bond acceptors (Lipinski definition) is 2. The van der Waals surface area contributed by atoms with Crippen LogP contribution in [0.5, 0.6) is 0 Å². The third-order valence-electron chi connectivity index (χ3n) is 4.24. The minimum absolute atomic E-state index is 0.0915. The van der Waals surface area contributed by atoms with E-state index in [-0.39, 0.29) is 11.8 Å². The van der Waals surface area contributed by atoms with Crippen LogP contribution in [0, 0.1) is 5.92 Å². The number of likely N-dealkylation sites (tertiary alicyclic amines) is 2. The number of rotatable bonds is 2. The lowest BCUT2D eigenvalue weighted by Crippen LogP contribution is -2.45. The van der Waals surface area contributed by atoms with Crippen LogP contribution in [-0.4, -0.2) is 47.8 Å². The van der Waals surface area contributed by atoms with Gasteiger partial charge in [0.2, 0.25) is 11.8 Å². The summed E-state index contributed by atoms with van der Waals surface area (Å²) in [5.41, 5.74) is 1.03. The highest BCUT2D eigenvalue weighted by Crippen LogP contribution is 2.22. The molecule has 0 bridgehead atoms. The second kappa shape index (κ2) is 6.91. The van der Waals surface area contributed by atoms with Gasteiger partial charge in [0.15, 0.2) is 0 Å². The Hall–Kier alpha value is -1.32. The zero-order chi connectivity index (χ0) is 14.5. The highest BCUT2D eigenvalue weighted by atomic mass is 16.2. The Morgan fingerprint density at radius 1 is 0.900 bits per heavy atom. The second-order valence-electron chi connectivity index (χ2n) is 6.21. The van der Waals surface area contributed by atoms with Crippen molar-refractivity contribution in [1.82, 2.24) is 9.80 Å². The lowest BCUT2D eigenvalue weighted by atomic mass is 9.94. The molecule has 2 fully saturated rings. The fourth-order valence-corrected chi connectivity index (χ4v) is 3.06. The van der Waals surface area contributed by atoms with E-state index in [1.54, 1.807) is 6.08 Å². The van der Waals surface area contributed by atoms with E-state index >= 15 is 0 Å². The summed E-state index contributed by atoms with van der Waals surface area (Å²) in [6.45, 7) is 7.15. The van der Waals surface area contributed by atoms with Gasteiger partial charge in [-0.3, -0.25) is 9.59 Å². The Morgan fingerprint density at radius 2 is 1.50 bits per heavy atom. The number of allylic oxidation sites excluding steroid dienone is 1. The molecule has 2 heterocycles. The summed E-state index contributed by atoms with van der Waals surface area (Å²) in [6, 6.07) is 0. The number of carbonyl (C=O) groups is 2. The van der Waals surface area contributed by atoms with Crippen molar-refractivity contribution >= 4 is 11.8 Å². The van der Waals surface area contributed by atoms with Crippen molar-refractivity contribution in [3.05, 3.63) is 11.6 Å². The molecular weight excluding hydrogens is 252 g/mol. The molecule has 0 aliphatic carbocycles. The van der Waals surface area contributed by atoms with Crippen LogP contribution in [0.2, 0.25) is 0 Å². The fourth-order valence-electron chi connectivity index (χ4n) is 3.06. The molecule has 2 rings (SSSR count). The first kappa shape index (κ1) is 15.1. The molecule has 0 N–H and O–H groups in total. The smallest absolute Gasteiger partial charge is 0.246 e. The average Bonchev–Trinajstić information content (AvgIpc) is 2.47. The van der Waals surface area contributed by atoms with Gasteiger partial charge in [0, 0.05) is 38.2 Å². The summed E-state index contributed by atoms with van der Waals surface area (Å²) in [5, 5.41) is 0. The molecule has 2 saturated heterocycles. The number of carbonyl (C=O) groups excluding carboxylic acids is 2. The van der Waals surface area contributed by atoms with Crippen molar-refractivity contribution in [3.63, 3.8) is 0 Å². The van der Waals surface area contributed by atoms with Crippen molar-refractivity contribution in [2.24, 2.45) is 5.92 Å². The molecule has 2 aliphatic rings. The van der Waals surface area contributed by atoms with E-state index in [2.05, 4.69) is 0 Å². The Balaban J connectivity index is 1.83. The van der Waals surface area contributed by atoms with Crippen molar-refractivity contribution in [2.45, 2.75) is 46.0 Å². The molecular formula is C16H26N2O2.